The van der Waals surface area contributed by atoms with Gasteiger partial charge >= 0.3 is 0 Å². The topological polar surface area (TPSA) is 81.3 Å². The molecule has 4 rings (SSSR count). The molecule has 1 aliphatic carbocycles. The summed E-state index contributed by atoms with van der Waals surface area (Å²) in [7, 11) is 3.73. The van der Waals surface area contributed by atoms with Crippen molar-refractivity contribution in [2.45, 2.75) is 32.1 Å². The first-order valence-electron chi connectivity index (χ1n) is 9.29. The standard InChI is InChI=1S/C18H27N5O2/c1-22(2)17-20-14-4-10-23(9-3-12(14)15(24)21-17)16(25)13-11-18(13)5-7-19-8-6-18/h13,19H,3-11H2,1-2H3,(H,20,21,24). The third-order valence-electron chi connectivity index (χ3n) is 6.16. The minimum absolute atomic E-state index is 0.0655. The number of nitrogens with one attached hydrogen (secondary N) is 2. The molecule has 1 saturated heterocycles. The number of rotatable bonds is 2. The quantitative estimate of drug-likeness (QED) is 0.798. The van der Waals surface area contributed by atoms with E-state index in [1.165, 1.54) is 0 Å². The average molecular weight is 345 g/mol. The molecule has 1 atom stereocenters. The van der Waals surface area contributed by atoms with Crippen molar-refractivity contribution in [2.24, 2.45) is 11.3 Å². The molecule has 25 heavy (non-hydrogen) atoms. The molecule has 0 radical (unpaired) electrons. The molecule has 1 unspecified atom stereocenters. The average Bonchev–Trinajstić information content (AvgIpc) is 3.33. The number of aromatic amines is 1. The van der Waals surface area contributed by atoms with Gasteiger partial charge < -0.3 is 15.1 Å². The minimum Gasteiger partial charge on any atom is -0.348 e. The van der Waals surface area contributed by atoms with Crippen LogP contribution < -0.4 is 15.8 Å². The minimum atomic E-state index is -0.0655. The molecule has 1 aromatic heterocycles. The van der Waals surface area contributed by atoms with Crippen LogP contribution in [0, 0.1) is 11.3 Å². The van der Waals surface area contributed by atoms with Gasteiger partial charge in [-0.05, 0) is 44.2 Å². The molecule has 3 aliphatic rings. The van der Waals surface area contributed by atoms with Crippen LogP contribution >= 0.6 is 0 Å². The second-order valence-electron chi connectivity index (χ2n) is 7.90. The van der Waals surface area contributed by atoms with E-state index in [0.717, 1.165) is 43.6 Å². The number of H-pyrrole nitrogens is 1. The Labute approximate surface area is 147 Å². The highest BCUT2D eigenvalue weighted by Gasteiger charge is 2.58. The molecule has 7 heteroatoms. The molecule has 1 amide bonds. The molecule has 3 heterocycles. The predicted octanol–water partition coefficient (Wildman–Crippen LogP) is 0.153. The fourth-order valence-corrected chi connectivity index (χ4v) is 4.42. The largest absolute Gasteiger partial charge is 0.348 e. The van der Waals surface area contributed by atoms with Gasteiger partial charge in [0.1, 0.15) is 0 Å². The van der Waals surface area contributed by atoms with E-state index in [2.05, 4.69) is 15.3 Å². The van der Waals surface area contributed by atoms with Gasteiger partial charge in [0.15, 0.2) is 0 Å². The van der Waals surface area contributed by atoms with Crippen LogP contribution in [-0.2, 0) is 17.6 Å². The lowest BCUT2D eigenvalue weighted by molar-refractivity contribution is -0.133. The Morgan fingerprint density at radius 2 is 1.96 bits per heavy atom. The molecule has 2 N–H and O–H groups in total. The molecule has 2 aliphatic heterocycles. The van der Waals surface area contributed by atoms with Crippen LogP contribution in [0.5, 0.6) is 0 Å². The summed E-state index contributed by atoms with van der Waals surface area (Å²) in [6.07, 6.45) is 4.53. The fraction of sp³-hybridized carbons (Fsp3) is 0.722. The maximum absolute atomic E-state index is 13.0. The summed E-state index contributed by atoms with van der Waals surface area (Å²) in [6.45, 7) is 3.35. The monoisotopic (exact) mass is 345 g/mol. The van der Waals surface area contributed by atoms with Gasteiger partial charge in [0, 0.05) is 45.1 Å². The van der Waals surface area contributed by atoms with E-state index in [1.54, 1.807) is 4.90 Å². The Hall–Kier alpha value is -1.89. The zero-order chi connectivity index (χ0) is 17.6. The number of hydrogen-bond acceptors (Lipinski definition) is 5. The number of piperidine rings is 1. The van der Waals surface area contributed by atoms with Crippen molar-refractivity contribution in [3.05, 3.63) is 21.6 Å². The normalized spacial score (nSPS) is 24.6. The number of amides is 1. The van der Waals surface area contributed by atoms with Gasteiger partial charge in [-0.15, -0.1) is 0 Å². The Morgan fingerprint density at radius 1 is 1.24 bits per heavy atom. The summed E-state index contributed by atoms with van der Waals surface area (Å²) in [6, 6.07) is 0. The van der Waals surface area contributed by atoms with Gasteiger partial charge in [-0.25, -0.2) is 4.98 Å². The van der Waals surface area contributed by atoms with Crippen LogP contribution in [0.3, 0.4) is 0 Å². The lowest BCUT2D eigenvalue weighted by Crippen LogP contribution is -2.38. The lowest BCUT2D eigenvalue weighted by Gasteiger charge is -2.26. The van der Waals surface area contributed by atoms with Crippen LogP contribution in [0.25, 0.3) is 0 Å². The Morgan fingerprint density at radius 3 is 2.68 bits per heavy atom. The van der Waals surface area contributed by atoms with E-state index >= 15 is 0 Å². The number of carbonyl (C=O) groups excluding carboxylic acids is 1. The highest BCUT2D eigenvalue weighted by molar-refractivity contribution is 5.83. The number of fused-ring (bicyclic) bond motifs is 1. The number of carbonyl (C=O) groups is 1. The van der Waals surface area contributed by atoms with Gasteiger partial charge in [-0.2, -0.15) is 0 Å². The third-order valence-corrected chi connectivity index (χ3v) is 6.16. The van der Waals surface area contributed by atoms with Crippen LogP contribution in [-0.4, -0.2) is 61.0 Å². The maximum Gasteiger partial charge on any atom is 0.255 e. The van der Waals surface area contributed by atoms with Crippen LogP contribution in [0.2, 0.25) is 0 Å². The van der Waals surface area contributed by atoms with Gasteiger partial charge in [0.25, 0.3) is 5.56 Å². The van der Waals surface area contributed by atoms with Crippen molar-refractivity contribution in [3.8, 4) is 0 Å². The molecule has 1 spiro atoms. The second kappa shape index (κ2) is 6.12. The first-order valence-corrected chi connectivity index (χ1v) is 9.29. The summed E-state index contributed by atoms with van der Waals surface area (Å²) in [5.74, 6) is 1.07. The summed E-state index contributed by atoms with van der Waals surface area (Å²) in [4.78, 5) is 36.6. The summed E-state index contributed by atoms with van der Waals surface area (Å²) >= 11 is 0. The number of nitrogens with zero attached hydrogens (tertiary/aromatic N) is 3. The zero-order valence-electron chi connectivity index (χ0n) is 15.1. The molecule has 7 nitrogen and oxygen atoms in total. The van der Waals surface area contributed by atoms with Crippen molar-refractivity contribution >= 4 is 11.9 Å². The van der Waals surface area contributed by atoms with E-state index in [4.69, 9.17) is 0 Å². The summed E-state index contributed by atoms with van der Waals surface area (Å²) in [5, 5.41) is 3.39. The molecule has 1 aromatic rings. The molecule has 136 valence electrons. The Kier molecular flexibility index (Phi) is 4.06. The third kappa shape index (κ3) is 2.94. The van der Waals surface area contributed by atoms with Crippen molar-refractivity contribution in [1.29, 1.82) is 0 Å². The molecule has 2 fully saturated rings. The Bertz CT molecular complexity index is 735. The first kappa shape index (κ1) is 16.6. The fourth-order valence-electron chi connectivity index (χ4n) is 4.42. The number of aromatic nitrogens is 2. The lowest BCUT2D eigenvalue weighted by atomic mass is 9.91. The van der Waals surface area contributed by atoms with E-state index < -0.39 is 0 Å². The van der Waals surface area contributed by atoms with Crippen molar-refractivity contribution in [2.75, 3.05) is 45.2 Å². The first-order chi connectivity index (χ1) is 12.0. The van der Waals surface area contributed by atoms with Crippen LogP contribution in [0.1, 0.15) is 30.5 Å². The van der Waals surface area contributed by atoms with Crippen molar-refractivity contribution in [1.82, 2.24) is 20.2 Å². The highest BCUT2D eigenvalue weighted by atomic mass is 16.2. The number of hydrogen-bond donors (Lipinski definition) is 2. The van der Waals surface area contributed by atoms with Crippen LogP contribution in [0.15, 0.2) is 4.79 Å². The molecule has 0 bridgehead atoms. The number of anilines is 1. The van der Waals surface area contributed by atoms with E-state index in [0.29, 0.717) is 37.8 Å². The zero-order valence-corrected chi connectivity index (χ0v) is 15.1. The van der Waals surface area contributed by atoms with E-state index in [9.17, 15) is 9.59 Å². The maximum atomic E-state index is 13.0. The van der Waals surface area contributed by atoms with Gasteiger partial charge in [-0.3, -0.25) is 14.6 Å². The van der Waals surface area contributed by atoms with Crippen LogP contribution in [0.4, 0.5) is 5.95 Å². The highest BCUT2D eigenvalue weighted by Crippen LogP contribution is 2.59. The van der Waals surface area contributed by atoms with E-state index in [1.807, 2.05) is 19.0 Å². The molecular weight excluding hydrogens is 318 g/mol. The summed E-state index contributed by atoms with van der Waals surface area (Å²) in [5.41, 5.74) is 1.78. The molecule has 0 aromatic carbocycles. The molecular formula is C18H27N5O2. The van der Waals surface area contributed by atoms with Gasteiger partial charge in [-0.1, -0.05) is 0 Å². The second-order valence-corrected chi connectivity index (χ2v) is 7.90. The van der Waals surface area contributed by atoms with E-state index in [-0.39, 0.29) is 16.9 Å². The molecule has 1 saturated carbocycles. The SMILES string of the molecule is CN(C)c1nc2c(c(=O)[nH]1)CCN(C(=O)C1CC13CCNCC3)CC2. The van der Waals surface area contributed by atoms with Crippen molar-refractivity contribution < 1.29 is 4.79 Å². The summed E-state index contributed by atoms with van der Waals surface area (Å²) < 4.78 is 0. The smallest absolute Gasteiger partial charge is 0.255 e. The van der Waals surface area contributed by atoms with Gasteiger partial charge in [0.05, 0.1) is 5.69 Å². The Balaban J connectivity index is 1.48. The predicted molar refractivity (Wildman–Crippen MR) is 95.8 cm³/mol. The van der Waals surface area contributed by atoms with Gasteiger partial charge in [0.2, 0.25) is 11.9 Å². The van der Waals surface area contributed by atoms with Crippen molar-refractivity contribution in [3.63, 3.8) is 0 Å².